The number of carbonyl (C=O) groups excluding carboxylic acids is 2. The zero-order valence-electron chi connectivity index (χ0n) is 9.31. The van der Waals surface area contributed by atoms with Crippen LogP contribution in [0.4, 0.5) is 0 Å². The van der Waals surface area contributed by atoms with Crippen LogP contribution >= 0.6 is 0 Å². The fourth-order valence-corrected chi connectivity index (χ4v) is 1.20. The quantitative estimate of drug-likeness (QED) is 0.689. The lowest BCUT2D eigenvalue weighted by Gasteiger charge is -2.24. The average Bonchev–Trinajstić information content (AvgIpc) is 2.11. The molecule has 5 nitrogen and oxygen atoms in total. The molecule has 0 fully saturated rings. The molecule has 86 valence electrons. The van der Waals surface area contributed by atoms with E-state index in [1.807, 2.05) is 0 Å². The first kappa shape index (κ1) is 13.6. The molecular weight excluding hydrogens is 200 g/mol. The maximum absolute atomic E-state index is 11.1. The molecule has 3 atom stereocenters. The molecule has 0 unspecified atom stereocenters. The largest absolute Gasteiger partial charge is 0.481 e. The summed E-state index contributed by atoms with van der Waals surface area (Å²) in [6.07, 6.45) is -0.905. The number of Topliss-reactive ketones (excluding diaryl/α,β-unsaturated/α-hetero) is 1. The minimum atomic E-state index is -1.09. The van der Waals surface area contributed by atoms with Crippen molar-refractivity contribution in [2.45, 2.75) is 33.8 Å². The molecule has 0 aromatic carbocycles. The molecule has 0 aliphatic heterocycles. The third kappa shape index (κ3) is 4.10. The molecule has 5 heteroatoms. The first-order valence-corrected chi connectivity index (χ1v) is 4.67. The summed E-state index contributed by atoms with van der Waals surface area (Å²) in [7, 11) is 0. The van der Waals surface area contributed by atoms with Gasteiger partial charge in [0.2, 0.25) is 0 Å². The van der Waals surface area contributed by atoms with Crippen molar-refractivity contribution in [3.63, 3.8) is 0 Å². The Balaban J connectivity index is 4.79. The van der Waals surface area contributed by atoms with Crippen molar-refractivity contribution in [1.29, 1.82) is 0 Å². The number of carbonyl (C=O) groups is 3. The summed E-state index contributed by atoms with van der Waals surface area (Å²) in [4.78, 5) is 32.6. The number of ketones is 1. The Kier molecular flexibility index (Phi) is 4.97. The number of aliphatic carboxylic acids is 1. The van der Waals surface area contributed by atoms with E-state index >= 15 is 0 Å². The van der Waals surface area contributed by atoms with Crippen LogP contribution in [0.1, 0.15) is 27.7 Å². The standard InChI is InChI=1S/C10H16O5/c1-5(7(3)11)9(15-8(4)12)6(2)10(13)14/h5-6,9H,1-4H3,(H,13,14)/t5-,6-,9+/m0/s1. The van der Waals surface area contributed by atoms with Crippen molar-refractivity contribution in [1.82, 2.24) is 0 Å². The van der Waals surface area contributed by atoms with Gasteiger partial charge in [-0.3, -0.25) is 14.4 Å². The van der Waals surface area contributed by atoms with Gasteiger partial charge < -0.3 is 9.84 Å². The summed E-state index contributed by atoms with van der Waals surface area (Å²) in [5.74, 6) is -3.38. The molecule has 0 aliphatic rings. The first-order chi connectivity index (χ1) is 6.77. The molecule has 0 aromatic rings. The third-order valence-corrected chi connectivity index (χ3v) is 2.32. The molecule has 0 bridgehead atoms. The molecule has 0 saturated carbocycles. The summed E-state index contributed by atoms with van der Waals surface area (Å²) in [6.45, 7) is 5.49. The molecule has 0 rings (SSSR count). The highest BCUT2D eigenvalue weighted by atomic mass is 16.5. The van der Waals surface area contributed by atoms with E-state index in [0.29, 0.717) is 0 Å². The fourth-order valence-electron chi connectivity index (χ4n) is 1.20. The Labute approximate surface area is 88.4 Å². The number of hydrogen-bond donors (Lipinski definition) is 1. The van der Waals surface area contributed by atoms with Crippen LogP contribution in [0.3, 0.4) is 0 Å². The van der Waals surface area contributed by atoms with E-state index in [9.17, 15) is 14.4 Å². The van der Waals surface area contributed by atoms with Gasteiger partial charge in [0.05, 0.1) is 11.8 Å². The van der Waals surface area contributed by atoms with E-state index in [1.54, 1.807) is 6.92 Å². The SMILES string of the molecule is CC(=O)O[C@@H]([C@H](C)C(=O)O)[C@@H](C)C(C)=O. The lowest BCUT2D eigenvalue weighted by atomic mass is 9.90. The van der Waals surface area contributed by atoms with Crippen LogP contribution in [-0.2, 0) is 19.1 Å². The van der Waals surface area contributed by atoms with Gasteiger partial charge in [-0.2, -0.15) is 0 Å². The second-order valence-electron chi connectivity index (χ2n) is 3.60. The van der Waals surface area contributed by atoms with E-state index < -0.39 is 29.9 Å². The predicted molar refractivity (Wildman–Crippen MR) is 52.2 cm³/mol. The minimum Gasteiger partial charge on any atom is -0.481 e. The van der Waals surface area contributed by atoms with Gasteiger partial charge in [-0.25, -0.2) is 0 Å². The molecule has 15 heavy (non-hydrogen) atoms. The molecular formula is C10H16O5. The smallest absolute Gasteiger partial charge is 0.310 e. The molecule has 0 heterocycles. The Morgan fingerprint density at radius 1 is 1.07 bits per heavy atom. The minimum absolute atomic E-state index is 0.200. The van der Waals surface area contributed by atoms with E-state index in [-0.39, 0.29) is 5.78 Å². The Morgan fingerprint density at radius 2 is 1.53 bits per heavy atom. The Morgan fingerprint density at radius 3 is 1.80 bits per heavy atom. The van der Waals surface area contributed by atoms with Crippen LogP contribution in [0, 0.1) is 11.8 Å². The van der Waals surface area contributed by atoms with Crippen molar-refractivity contribution >= 4 is 17.7 Å². The normalized spacial score (nSPS) is 16.3. The lowest BCUT2D eigenvalue weighted by molar-refractivity contribution is -0.160. The number of rotatable bonds is 5. The number of hydrogen-bond acceptors (Lipinski definition) is 4. The molecule has 0 saturated heterocycles. The second-order valence-corrected chi connectivity index (χ2v) is 3.60. The topological polar surface area (TPSA) is 80.7 Å². The van der Waals surface area contributed by atoms with Gasteiger partial charge in [-0.1, -0.05) is 6.92 Å². The highest BCUT2D eigenvalue weighted by Crippen LogP contribution is 2.18. The summed E-state index contributed by atoms with van der Waals surface area (Å²) < 4.78 is 4.86. The number of carboxylic acids is 1. The molecule has 0 aliphatic carbocycles. The molecule has 0 spiro atoms. The Hall–Kier alpha value is -1.39. The highest BCUT2D eigenvalue weighted by molar-refractivity contribution is 5.81. The monoisotopic (exact) mass is 216 g/mol. The average molecular weight is 216 g/mol. The molecule has 0 amide bonds. The molecule has 0 aromatic heterocycles. The van der Waals surface area contributed by atoms with Crippen LogP contribution < -0.4 is 0 Å². The number of esters is 1. The van der Waals surface area contributed by atoms with Crippen molar-refractivity contribution in [3.8, 4) is 0 Å². The summed E-state index contributed by atoms with van der Waals surface area (Å²) in [6, 6.07) is 0. The summed E-state index contributed by atoms with van der Waals surface area (Å²) >= 11 is 0. The maximum atomic E-state index is 11.1. The van der Waals surface area contributed by atoms with Gasteiger partial charge >= 0.3 is 11.9 Å². The molecule has 1 N–H and O–H groups in total. The van der Waals surface area contributed by atoms with Crippen LogP contribution in [0.25, 0.3) is 0 Å². The van der Waals surface area contributed by atoms with Crippen molar-refractivity contribution in [2.24, 2.45) is 11.8 Å². The zero-order valence-corrected chi connectivity index (χ0v) is 9.31. The maximum Gasteiger partial charge on any atom is 0.310 e. The first-order valence-electron chi connectivity index (χ1n) is 4.67. The van der Waals surface area contributed by atoms with E-state index in [2.05, 4.69) is 0 Å². The fraction of sp³-hybridized carbons (Fsp3) is 0.700. The van der Waals surface area contributed by atoms with Gasteiger partial charge in [0, 0.05) is 6.92 Å². The molecule has 0 radical (unpaired) electrons. The van der Waals surface area contributed by atoms with Crippen molar-refractivity contribution in [2.75, 3.05) is 0 Å². The summed E-state index contributed by atoms with van der Waals surface area (Å²) in [5.41, 5.74) is 0. The van der Waals surface area contributed by atoms with Gasteiger partial charge in [0.25, 0.3) is 0 Å². The van der Waals surface area contributed by atoms with Crippen molar-refractivity contribution in [3.05, 3.63) is 0 Å². The van der Waals surface area contributed by atoms with E-state index in [1.165, 1.54) is 20.8 Å². The highest BCUT2D eigenvalue weighted by Gasteiger charge is 2.33. The van der Waals surface area contributed by atoms with Crippen LogP contribution in [0.5, 0.6) is 0 Å². The van der Waals surface area contributed by atoms with Crippen LogP contribution in [-0.4, -0.2) is 28.9 Å². The van der Waals surface area contributed by atoms with Gasteiger partial charge in [0.1, 0.15) is 11.9 Å². The zero-order chi connectivity index (χ0) is 12.2. The van der Waals surface area contributed by atoms with Crippen LogP contribution in [0.15, 0.2) is 0 Å². The van der Waals surface area contributed by atoms with Gasteiger partial charge in [-0.15, -0.1) is 0 Å². The van der Waals surface area contributed by atoms with Crippen molar-refractivity contribution < 1.29 is 24.2 Å². The van der Waals surface area contributed by atoms with Crippen LogP contribution in [0.2, 0.25) is 0 Å². The predicted octanol–water partition coefficient (Wildman–Crippen LogP) is 0.864. The second kappa shape index (κ2) is 5.48. The lowest BCUT2D eigenvalue weighted by Crippen LogP contribution is -2.38. The van der Waals surface area contributed by atoms with Gasteiger partial charge in [-0.05, 0) is 13.8 Å². The third-order valence-electron chi connectivity index (χ3n) is 2.32. The summed E-state index contributed by atoms with van der Waals surface area (Å²) in [5, 5.41) is 8.79. The number of carboxylic acid groups (broad SMARTS) is 1. The van der Waals surface area contributed by atoms with Gasteiger partial charge in [0.15, 0.2) is 0 Å². The number of ether oxygens (including phenoxy) is 1. The van der Waals surface area contributed by atoms with E-state index in [0.717, 1.165) is 0 Å². The Bertz CT molecular complexity index is 251. The van der Waals surface area contributed by atoms with E-state index in [4.69, 9.17) is 9.84 Å².